The Bertz CT molecular complexity index is 1010. The minimum absolute atomic E-state index is 0.0182. The van der Waals surface area contributed by atoms with Gasteiger partial charge >= 0.3 is 0 Å². The van der Waals surface area contributed by atoms with Crippen molar-refractivity contribution in [1.29, 1.82) is 0 Å². The third-order valence-corrected chi connectivity index (χ3v) is 6.89. The van der Waals surface area contributed by atoms with Crippen LogP contribution in [0.2, 0.25) is 0 Å². The second kappa shape index (κ2) is 10.6. The van der Waals surface area contributed by atoms with E-state index in [9.17, 15) is 14.4 Å². The van der Waals surface area contributed by atoms with Gasteiger partial charge in [0.05, 0.1) is 6.04 Å². The molecule has 3 amide bonds. The molecule has 33 heavy (non-hydrogen) atoms. The van der Waals surface area contributed by atoms with Crippen molar-refractivity contribution in [2.45, 2.75) is 63.5 Å². The Labute approximate surface area is 194 Å². The van der Waals surface area contributed by atoms with Gasteiger partial charge < -0.3 is 20.9 Å². The molecule has 2 heterocycles. The zero-order valence-electron chi connectivity index (χ0n) is 18.9. The molecular weight excluding hydrogens is 416 g/mol. The molecular formula is C26H32N4O3. The second-order valence-corrected chi connectivity index (χ2v) is 9.28. The summed E-state index contributed by atoms with van der Waals surface area (Å²) in [6.07, 6.45) is 13.0. The summed E-state index contributed by atoms with van der Waals surface area (Å²) in [5.41, 5.74) is 1.30. The molecule has 4 rings (SSSR count). The van der Waals surface area contributed by atoms with Gasteiger partial charge in [0.1, 0.15) is 11.7 Å². The number of fused-ring (bicyclic) bond motifs is 1. The van der Waals surface area contributed by atoms with Crippen molar-refractivity contribution < 1.29 is 14.4 Å². The first-order chi connectivity index (χ1) is 16.0. The van der Waals surface area contributed by atoms with Crippen molar-refractivity contribution in [3.8, 4) is 12.3 Å². The molecule has 0 bridgehead atoms. The normalized spacial score (nSPS) is 20.6. The van der Waals surface area contributed by atoms with Crippen LogP contribution >= 0.6 is 0 Å². The van der Waals surface area contributed by atoms with E-state index in [0.29, 0.717) is 31.0 Å². The number of aromatic amines is 1. The number of rotatable bonds is 8. The van der Waals surface area contributed by atoms with E-state index < -0.39 is 12.1 Å². The minimum atomic E-state index is -0.680. The van der Waals surface area contributed by atoms with Gasteiger partial charge in [0, 0.05) is 23.4 Å². The number of aromatic nitrogens is 1. The van der Waals surface area contributed by atoms with Crippen LogP contribution in [0.1, 0.15) is 61.9 Å². The van der Waals surface area contributed by atoms with Crippen LogP contribution in [0.3, 0.4) is 0 Å². The molecule has 0 spiro atoms. The first-order valence-electron chi connectivity index (χ1n) is 12.0. The molecule has 7 nitrogen and oxygen atoms in total. The van der Waals surface area contributed by atoms with Gasteiger partial charge in [-0.25, -0.2) is 0 Å². The number of carbonyl (C=O) groups excluding carboxylic acids is 3. The lowest BCUT2D eigenvalue weighted by molar-refractivity contribution is -0.125. The van der Waals surface area contributed by atoms with E-state index in [1.165, 1.54) is 6.42 Å². The highest BCUT2D eigenvalue weighted by atomic mass is 16.2. The molecule has 7 heteroatoms. The molecule has 1 aromatic carbocycles. The summed E-state index contributed by atoms with van der Waals surface area (Å²) in [7, 11) is 0. The lowest BCUT2D eigenvalue weighted by Crippen LogP contribution is -2.50. The topological polar surface area (TPSA) is 103 Å². The van der Waals surface area contributed by atoms with Crippen LogP contribution in [-0.4, -0.2) is 41.3 Å². The summed E-state index contributed by atoms with van der Waals surface area (Å²) < 4.78 is 0. The summed E-state index contributed by atoms with van der Waals surface area (Å²) in [6, 6.07) is 8.24. The fraction of sp³-hybridized carbons (Fsp3) is 0.500. The molecule has 1 aliphatic heterocycles. The van der Waals surface area contributed by atoms with Crippen molar-refractivity contribution >= 4 is 28.6 Å². The molecule has 1 aromatic heterocycles. The highest BCUT2D eigenvalue weighted by Crippen LogP contribution is 2.28. The summed E-state index contributed by atoms with van der Waals surface area (Å²) in [5.74, 6) is 2.20. The Kier molecular flexibility index (Phi) is 7.33. The zero-order valence-corrected chi connectivity index (χ0v) is 18.9. The fourth-order valence-corrected chi connectivity index (χ4v) is 5.01. The van der Waals surface area contributed by atoms with Crippen LogP contribution in [0.5, 0.6) is 0 Å². The first kappa shape index (κ1) is 22.9. The quantitative estimate of drug-likeness (QED) is 0.467. The molecule has 3 atom stereocenters. The van der Waals surface area contributed by atoms with Crippen molar-refractivity contribution in [3.63, 3.8) is 0 Å². The number of para-hydroxylation sites is 1. The SMILES string of the molecule is C#C[C@H](C[C@@H]1CCNC1=O)NC(=O)[C@H](CC1CCCCC1)NC(=O)c1cc2ccccc2[nH]1. The van der Waals surface area contributed by atoms with Gasteiger partial charge in [-0.05, 0) is 37.3 Å². The maximum Gasteiger partial charge on any atom is 0.268 e. The second-order valence-electron chi connectivity index (χ2n) is 9.28. The molecule has 174 valence electrons. The molecule has 1 aliphatic carbocycles. The van der Waals surface area contributed by atoms with Gasteiger partial charge in [0.25, 0.3) is 5.91 Å². The van der Waals surface area contributed by atoms with Crippen LogP contribution in [0.4, 0.5) is 0 Å². The van der Waals surface area contributed by atoms with Crippen LogP contribution in [0.25, 0.3) is 10.9 Å². The molecule has 1 saturated carbocycles. The Morgan fingerprint density at radius 3 is 2.58 bits per heavy atom. The first-order valence-corrected chi connectivity index (χ1v) is 12.0. The third kappa shape index (κ3) is 5.75. The van der Waals surface area contributed by atoms with Crippen molar-refractivity contribution in [2.75, 3.05) is 6.54 Å². The summed E-state index contributed by atoms with van der Waals surface area (Å²) in [5, 5.41) is 9.60. The largest absolute Gasteiger partial charge is 0.356 e. The lowest BCUT2D eigenvalue weighted by atomic mass is 9.84. The number of hydrogen-bond donors (Lipinski definition) is 4. The standard InChI is InChI=1S/C26H32N4O3/c1-2-20(15-19-12-13-27-24(19)31)28-25(32)22(14-17-8-4-3-5-9-17)30-26(33)23-16-18-10-6-7-11-21(18)29-23/h1,6-7,10-11,16-17,19-20,22,29H,3-5,8-9,12-15H2,(H,27,31)(H,28,32)(H,30,33)/t19-,20+,22-/m0/s1. The van der Waals surface area contributed by atoms with E-state index in [0.717, 1.165) is 43.0 Å². The summed E-state index contributed by atoms with van der Waals surface area (Å²) in [4.78, 5) is 41.3. The number of amides is 3. The molecule has 0 unspecified atom stereocenters. The van der Waals surface area contributed by atoms with Gasteiger partial charge in [-0.15, -0.1) is 6.42 Å². The van der Waals surface area contributed by atoms with Crippen LogP contribution in [0, 0.1) is 24.2 Å². The van der Waals surface area contributed by atoms with E-state index in [2.05, 4.69) is 26.9 Å². The molecule has 2 aromatic rings. The van der Waals surface area contributed by atoms with Crippen molar-refractivity contribution in [3.05, 3.63) is 36.0 Å². The molecule has 4 N–H and O–H groups in total. The van der Waals surface area contributed by atoms with Crippen LogP contribution < -0.4 is 16.0 Å². The predicted molar refractivity (Wildman–Crippen MR) is 127 cm³/mol. The Morgan fingerprint density at radius 2 is 1.88 bits per heavy atom. The van der Waals surface area contributed by atoms with E-state index in [-0.39, 0.29) is 23.6 Å². The number of terminal acetylenes is 1. The number of benzene rings is 1. The van der Waals surface area contributed by atoms with Crippen molar-refractivity contribution in [2.24, 2.45) is 11.8 Å². The minimum Gasteiger partial charge on any atom is -0.356 e. The van der Waals surface area contributed by atoms with Gasteiger partial charge in [-0.3, -0.25) is 14.4 Å². The highest BCUT2D eigenvalue weighted by Gasteiger charge is 2.31. The van der Waals surface area contributed by atoms with Crippen LogP contribution in [-0.2, 0) is 9.59 Å². The average Bonchev–Trinajstić information content (AvgIpc) is 3.44. The number of nitrogens with one attached hydrogen (secondary N) is 4. The van der Waals surface area contributed by atoms with Gasteiger partial charge in [0.2, 0.25) is 11.8 Å². The van der Waals surface area contributed by atoms with Gasteiger partial charge in [-0.2, -0.15) is 0 Å². The van der Waals surface area contributed by atoms with Crippen LogP contribution in [0.15, 0.2) is 30.3 Å². The monoisotopic (exact) mass is 448 g/mol. The maximum absolute atomic E-state index is 13.2. The highest BCUT2D eigenvalue weighted by molar-refractivity contribution is 6.00. The van der Waals surface area contributed by atoms with E-state index >= 15 is 0 Å². The smallest absolute Gasteiger partial charge is 0.268 e. The Morgan fingerprint density at radius 1 is 1.09 bits per heavy atom. The molecule has 1 saturated heterocycles. The lowest BCUT2D eigenvalue weighted by Gasteiger charge is -2.27. The molecule has 0 radical (unpaired) electrons. The molecule has 2 fully saturated rings. The fourth-order valence-electron chi connectivity index (χ4n) is 5.01. The third-order valence-electron chi connectivity index (χ3n) is 6.89. The van der Waals surface area contributed by atoms with E-state index in [1.54, 1.807) is 6.07 Å². The maximum atomic E-state index is 13.2. The Balaban J connectivity index is 1.45. The predicted octanol–water partition coefficient (Wildman–Crippen LogP) is 2.88. The average molecular weight is 449 g/mol. The summed E-state index contributed by atoms with van der Waals surface area (Å²) >= 11 is 0. The number of carbonyl (C=O) groups is 3. The van der Waals surface area contributed by atoms with Crippen molar-refractivity contribution in [1.82, 2.24) is 20.9 Å². The van der Waals surface area contributed by atoms with Gasteiger partial charge in [0.15, 0.2) is 0 Å². The van der Waals surface area contributed by atoms with E-state index in [1.807, 2.05) is 24.3 Å². The molecule has 2 aliphatic rings. The number of H-pyrrole nitrogens is 1. The zero-order chi connectivity index (χ0) is 23.2. The summed E-state index contributed by atoms with van der Waals surface area (Å²) in [6.45, 7) is 0.638. The van der Waals surface area contributed by atoms with E-state index in [4.69, 9.17) is 6.42 Å². The van der Waals surface area contributed by atoms with Gasteiger partial charge in [-0.1, -0.05) is 56.2 Å². The Hall–Kier alpha value is -3.27. The number of hydrogen-bond acceptors (Lipinski definition) is 3.